The molecule has 0 aromatic heterocycles. The Morgan fingerprint density at radius 2 is 1.75 bits per heavy atom. The Bertz CT molecular complexity index is 755. The van der Waals surface area contributed by atoms with Crippen LogP contribution in [0.4, 0.5) is 18.0 Å². The molecular weight excluding hydrogens is 379 g/mol. The van der Waals surface area contributed by atoms with Crippen LogP contribution in [0.2, 0.25) is 0 Å². The van der Waals surface area contributed by atoms with Gasteiger partial charge in [0.15, 0.2) is 0 Å². The maximum atomic E-state index is 13.8. The van der Waals surface area contributed by atoms with Crippen molar-refractivity contribution < 1.29 is 37.3 Å². The molecule has 1 aromatic rings. The van der Waals surface area contributed by atoms with Gasteiger partial charge in [-0.05, 0) is 26.3 Å². The van der Waals surface area contributed by atoms with Gasteiger partial charge in [0.05, 0.1) is 19.1 Å². The molecule has 0 radical (unpaired) electrons. The summed E-state index contributed by atoms with van der Waals surface area (Å²) in [6.07, 6.45) is -6.95. The molecule has 2 rings (SSSR count). The molecule has 154 valence electrons. The number of hydrogen-bond donors (Lipinski definition) is 1. The summed E-state index contributed by atoms with van der Waals surface area (Å²) in [4.78, 5) is 24.4. The van der Waals surface area contributed by atoms with Gasteiger partial charge in [-0.1, -0.05) is 30.3 Å². The summed E-state index contributed by atoms with van der Waals surface area (Å²) < 4.78 is 50.8. The molecule has 1 aromatic carbocycles. The van der Waals surface area contributed by atoms with Gasteiger partial charge >= 0.3 is 18.2 Å². The maximum Gasteiger partial charge on any atom is 0.415 e. The number of alkyl halides is 3. The van der Waals surface area contributed by atoms with Crippen LogP contribution in [0.5, 0.6) is 0 Å². The number of carbonyl (C=O) groups excluding carboxylic acids is 2. The first-order chi connectivity index (χ1) is 12.9. The van der Waals surface area contributed by atoms with Crippen LogP contribution in [-0.4, -0.2) is 47.0 Å². The van der Waals surface area contributed by atoms with E-state index in [2.05, 4.69) is 4.74 Å². The van der Waals surface area contributed by atoms with E-state index in [1.807, 2.05) is 0 Å². The second kappa shape index (κ2) is 7.83. The molecule has 9 heteroatoms. The maximum absolute atomic E-state index is 13.8. The van der Waals surface area contributed by atoms with E-state index in [-0.39, 0.29) is 11.3 Å². The fraction of sp³-hybridized carbons (Fsp3) is 0.474. The lowest BCUT2D eigenvalue weighted by Gasteiger charge is -2.51. The second-order valence-electron chi connectivity index (χ2n) is 7.31. The third-order valence-corrected chi connectivity index (χ3v) is 4.11. The summed E-state index contributed by atoms with van der Waals surface area (Å²) in [6.45, 7) is 4.52. The van der Waals surface area contributed by atoms with E-state index in [1.54, 1.807) is 18.2 Å². The zero-order chi connectivity index (χ0) is 21.3. The highest BCUT2D eigenvalue weighted by Crippen LogP contribution is 2.51. The van der Waals surface area contributed by atoms with E-state index in [9.17, 15) is 27.9 Å². The van der Waals surface area contributed by atoms with Gasteiger partial charge in [0.2, 0.25) is 0 Å². The van der Waals surface area contributed by atoms with Gasteiger partial charge in [-0.2, -0.15) is 13.2 Å². The topological polar surface area (TPSA) is 76.1 Å². The minimum absolute atomic E-state index is 0.223. The van der Waals surface area contributed by atoms with Crippen LogP contribution in [0.1, 0.15) is 32.4 Å². The summed E-state index contributed by atoms with van der Waals surface area (Å²) in [5, 5.41) is 10.6. The van der Waals surface area contributed by atoms with Crippen molar-refractivity contribution in [2.75, 3.05) is 7.11 Å². The molecule has 1 aliphatic heterocycles. The Morgan fingerprint density at radius 1 is 1.18 bits per heavy atom. The fourth-order valence-corrected chi connectivity index (χ4v) is 2.98. The van der Waals surface area contributed by atoms with E-state index in [1.165, 1.54) is 32.9 Å². The number of esters is 1. The number of hydrogen-bond acceptors (Lipinski definition) is 5. The second-order valence-corrected chi connectivity index (χ2v) is 7.31. The molecule has 28 heavy (non-hydrogen) atoms. The number of aliphatic hydroxyl groups excluding tert-OH is 1. The van der Waals surface area contributed by atoms with Crippen molar-refractivity contribution in [1.82, 2.24) is 4.90 Å². The number of halogens is 3. The Morgan fingerprint density at radius 3 is 2.21 bits per heavy atom. The molecule has 0 saturated carbocycles. The van der Waals surface area contributed by atoms with Crippen molar-refractivity contribution in [1.29, 1.82) is 0 Å². The zero-order valence-electron chi connectivity index (χ0n) is 15.9. The average molecular weight is 401 g/mol. The molecule has 6 nitrogen and oxygen atoms in total. The first-order valence-electron chi connectivity index (χ1n) is 8.48. The third-order valence-electron chi connectivity index (χ3n) is 4.11. The largest absolute Gasteiger partial charge is 0.466 e. The summed E-state index contributed by atoms with van der Waals surface area (Å²) in [6, 6.07) is 5.35. The Labute approximate surface area is 160 Å². The van der Waals surface area contributed by atoms with Gasteiger partial charge in [0, 0.05) is 11.8 Å². The van der Waals surface area contributed by atoms with Gasteiger partial charge in [-0.25, -0.2) is 9.59 Å². The van der Waals surface area contributed by atoms with Crippen molar-refractivity contribution in [3.05, 3.63) is 47.7 Å². The number of ether oxygens (including phenoxy) is 2. The highest BCUT2D eigenvalue weighted by Gasteiger charge is 2.63. The van der Waals surface area contributed by atoms with Crippen molar-refractivity contribution in [3.8, 4) is 0 Å². The van der Waals surface area contributed by atoms with E-state index in [0.717, 1.165) is 13.2 Å². The van der Waals surface area contributed by atoms with Crippen LogP contribution in [0, 0.1) is 5.92 Å². The van der Waals surface area contributed by atoms with Crippen LogP contribution >= 0.6 is 0 Å². The lowest BCUT2D eigenvalue weighted by Crippen LogP contribution is -2.65. The Kier molecular flexibility index (Phi) is 6.08. The molecule has 1 amide bonds. The number of aliphatic hydroxyl groups is 1. The first-order valence-corrected chi connectivity index (χ1v) is 8.48. The molecule has 3 atom stereocenters. The van der Waals surface area contributed by atoms with Gasteiger partial charge in [0.25, 0.3) is 0 Å². The SMILES string of the molecule is COC(=O)/C=C1\[C@@H](C(O)c2ccccc2)[C@H](C(F)(F)F)N1C(=O)OC(C)(C)C. The van der Waals surface area contributed by atoms with E-state index >= 15 is 0 Å². The lowest BCUT2D eigenvalue weighted by molar-refractivity contribution is -0.222. The third kappa shape index (κ3) is 4.64. The average Bonchev–Trinajstić information content (AvgIpc) is 2.55. The zero-order valence-corrected chi connectivity index (χ0v) is 15.9. The summed E-state index contributed by atoms with van der Waals surface area (Å²) in [5.41, 5.74) is -1.15. The minimum atomic E-state index is -4.86. The monoisotopic (exact) mass is 401 g/mol. The quantitative estimate of drug-likeness (QED) is 0.619. The number of amides is 1. The van der Waals surface area contributed by atoms with Crippen LogP contribution < -0.4 is 0 Å². The van der Waals surface area contributed by atoms with Crippen LogP contribution in [0.15, 0.2) is 42.1 Å². The van der Waals surface area contributed by atoms with Crippen LogP contribution in [0.25, 0.3) is 0 Å². The molecule has 1 N–H and O–H groups in total. The molecule has 1 aliphatic rings. The molecule has 0 spiro atoms. The minimum Gasteiger partial charge on any atom is -0.466 e. The van der Waals surface area contributed by atoms with Crippen LogP contribution in [-0.2, 0) is 14.3 Å². The predicted octanol–water partition coefficient (Wildman–Crippen LogP) is 3.57. The number of benzene rings is 1. The summed E-state index contributed by atoms with van der Waals surface area (Å²) >= 11 is 0. The van der Waals surface area contributed by atoms with E-state index < -0.39 is 41.9 Å². The van der Waals surface area contributed by atoms with Crippen LogP contribution in [0.3, 0.4) is 0 Å². The van der Waals surface area contributed by atoms with Crippen molar-refractivity contribution in [2.24, 2.45) is 5.92 Å². The molecular formula is C19H22F3NO5. The fourth-order valence-electron chi connectivity index (χ4n) is 2.98. The predicted molar refractivity (Wildman–Crippen MR) is 92.9 cm³/mol. The molecule has 0 bridgehead atoms. The molecule has 1 heterocycles. The van der Waals surface area contributed by atoms with E-state index in [4.69, 9.17) is 4.74 Å². The van der Waals surface area contributed by atoms with Gasteiger partial charge in [-0.15, -0.1) is 0 Å². The Hall–Kier alpha value is -2.55. The molecule has 1 fully saturated rings. The summed E-state index contributed by atoms with van der Waals surface area (Å²) in [7, 11) is 1.06. The van der Waals surface area contributed by atoms with Crippen molar-refractivity contribution in [3.63, 3.8) is 0 Å². The number of nitrogens with zero attached hydrogens (tertiary/aromatic N) is 1. The summed E-state index contributed by atoms with van der Waals surface area (Å²) in [5.74, 6) is -2.52. The number of rotatable bonds is 3. The number of carbonyl (C=O) groups is 2. The molecule has 1 saturated heterocycles. The number of methoxy groups -OCH3 is 1. The Balaban J connectivity index is 2.50. The van der Waals surface area contributed by atoms with E-state index in [0.29, 0.717) is 4.90 Å². The number of likely N-dealkylation sites (tertiary alicyclic amines) is 1. The highest BCUT2D eigenvalue weighted by molar-refractivity contribution is 5.85. The molecule has 1 unspecified atom stereocenters. The van der Waals surface area contributed by atoms with Gasteiger partial charge in [-0.3, -0.25) is 4.90 Å². The normalized spacial score (nSPS) is 22.4. The highest BCUT2D eigenvalue weighted by atomic mass is 19.4. The first kappa shape index (κ1) is 21.7. The van der Waals surface area contributed by atoms with Gasteiger partial charge in [0.1, 0.15) is 11.6 Å². The van der Waals surface area contributed by atoms with Crippen molar-refractivity contribution in [2.45, 2.75) is 44.7 Å². The smallest absolute Gasteiger partial charge is 0.415 e. The molecule has 0 aliphatic carbocycles. The standard InChI is InChI=1S/C19H22F3NO5/c1-18(2,3)28-17(26)23-12(10-13(24)27-4)14(16(23)19(20,21)22)15(25)11-8-6-5-7-9-11/h5-10,14-16,25H,1-4H3/b12-10+/t14-,15?,16+/m0/s1. The lowest BCUT2D eigenvalue weighted by atomic mass is 9.77. The van der Waals surface area contributed by atoms with Crippen molar-refractivity contribution >= 4 is 12.1 Å². The van der Waals surface area contributed by atoms with Gasteiger partial charge < -0.3 is 14.6 Å².